The smallest absolute Gasteiger partial charge is 0.194 e. The summed E-state index contributed by atoms with van der Waals surface area (Å²) in [4.78, 5) is 7.02. The average Bonchev–Trinajstić information content (AvgIpc) is 3.03. The summed E-state index contributed by atoms with van der Waals surface area (Å²) in [5.41, 5.74) is 0.977. The van der Waals surface area contributed by atoms with Gasteiger partial charge in [0.1, 0.15) is 11.9 Å². The van der Waals surface area contributed by atoms with E-state index in [9.17, 15) is 9.50 Å². The van der Waals surface area contributed by atoms with Gasteiger partial charge in [-0.25, -0.2) is 4.39 Å². The van der Waals surface area contributed by atoms with E-state index in [4.69, 9.17) is 9.73 Å². The molecule has 2 N–H and O–H groups in total. The molecule has 0 aromatic heterocycles. The number of aliphatic hydroxyl groups excluding tert-OH is 1. The monoisotopic (exact) mass is 491 g/mol. The minimum absolute atomic E-state index is 0. The topological polar surface area (TPSA) is 57.1 Å². The van der Waals surface area contributed by atoms with Crippen LogP contribution in [0.1, 0.15) is 44.8 Å². The molecule has 152 valence electrons. The summed E-state index contributed by atoms with van der Waals surface area (Å²) < 4.78 is 19.3. The lowest BCUT2D eigenvalue weighted by molar-refractivity contribution is -0.0605. The number of aliphatic imine (C=N–C) groups is 1. The van der Waals surface area contributed by atoms with Crippen molar-refractivity contribution in [1.29, 1.82) is 0 Å². The largest absolute Gasteiger partial charge is 0.393 e. The number of ether oxygens (including phenoxy) is 1. The van der Waals surface area contributed by atoms with Crippen LogP contribution in [0.5, 0.6) is 0 Å². The quantitative estimate of drug-likeness (QED) is 0.386. The van der Waals surface area contributed by atoms with Crippen LogP contribution in [0, 0.1) is 11.7 Å². The lowest BCUT2D eigenvalue weighted by Crippen LogP contribution is -2.51. The van der Waals surface area contributed by atoms with Gasteiger partial charge in [-0.2, -0.15) is 0 Å². The van der Waals surface area contributed by atoms with Gasteiger partial charge in [0.2, 0.25) is 0 Å². The van der Waals surface area contributed by atoms with E-state index in [-0.39, 0.29) is 54.0 Å². The molecule has 2 fully saturated rings. The van der Waals surface area contributed by atoms with Gasteiger partial charge in [-0.15, -0.1) is 24.0 Å². The molecule has 3 rings (SSSR count). The highest BCUT2D eigenvalue weighted by molar-refractivity contribution is 14.0. The van der Waals surface area contributed by atoms with Gasteiger partial charge in [0.05, 0.1) is 18.8 Å². The molecule has 1 aromatic rings. The summed E-state index contributed by atoms with van der Waals surface area (Å²) in [5.74, 6) is 0.892. The summed E-state index contributed by atoms with van der Waals surface area (Å²) >= 11 is 0. The fraction of sp³-hybridized carbons (Fsp3) is 0.650. The standard InChI is InChI=1S/C20H30FN3O2.HI/c1-3-22-20(23-11-16-5-4-6-18(16)25)24-12-14(2)26-19(13-24)15-7-9-17(21)10-8-15;/h7-10,14,16,18-19,25H,3-6,11-13H2,1-2H3,(H,22,23);1H. The van der Waals surface area contributed by atoms with Crippen molar-refractivity contribution in [1.82, 2.24) is 10.2 Å². The van der Waals surface area contributed by atoms with E-state index in [2.05, 4.69) is 17.1 Å². The third-order valence-corrected chi connectivity index (χ3v) is 5.23. The van der Waals surface area contributed by atoms with E-state index in [1.54, 1.807) is 12.1 Å². The zero-order valence-corrected chi connectivity index (χ0v) is 18.4. The van der Waals surface area contributed by atoms with Crippen molar-refractivity contribution < 1.29 is 14.2 Å². The Bertz CT molecular complexity index is 614. The van der Waals surface area contributed by atoms with Crippen molar-refractivity contribution in [2.45, 2.75) is 51.4 Å². The highest BCUT2D eigenvalue weighted by Crippen LogP contribution is 2.27. The van der Waals surface area contributed by atoms with Crippen LogP contribution in [0.4, 0.5) is 4.39 Å². The summed E-state index contributed by atoms with van der Waals surface area (Å²) in [6, 6.07) is 6.52. The maximum atomic E-state index is 13.2. The maximum absolute atomic E-state index is 13.2. The van der Waals surface area contributed by atoms with Crippen LogP contribution in [0.25, 0.3) is 0 Å². The van der Waals surface area contributed by atoms with Crippen LogP contribution in [0.3, 0.4) is 0 Å². The highest BCUT2D eigenvalue weighted by Gasteiger charge is 2.29. The molecule has 1 aromatic carbocycles. The molecule has 0 amide bonds. The first-order valence-electron chi connectivity index (χ1n) is 9.69. The second-order valence-electron chi connectivity index (χ2n) is 7.34. The first kappa shape index (κ1) is 22.4. The van der Waals surface area contributed by atoms with Gasteiger partial charge in [-0.1, -0.05) is 18.6 Å². The van der Waals surface area contributed by atoms with Crippen LogP contribution in [-0.2, 0) is 4.74 Å². The van der Waals surface area contributed by atoms with Gasteiger partial charge in [0.25, 0.3) is 0 Å². The van der Waals surface area contributed by atoms with Gasteiger partial charge in [-0.05, 0) is 44.4 Å². The second kappa shape index (κ2) is 10.6. The van der Waals surface area contributed by atoms with Crippen LogP contribution in [0.2, 0.25) is 0 Å². The Morgan fingerprint density at radius 2 is 2.04 bits per heavy atom. The lowest BCUT2D eigenvalue weighted by atomic mass is 10.1. The van der Waals surface area contributed by atoms with E-state index in [0.717, 1.165) is 43.9 Å². The fourth-order valence-corrected chi connectivity index (χ4v) is 3.85. The molecule has 1 heterocycles. The third kappa shape index (κ3) is 6.02. The van der Waals surface area contributed by atoms with Crippen LogP contribution < -0.4 is 5.32 Å². The predicted octanol–water partition coefficient (Wildman–Crippen LogP) is 3.33. The minimum atomic E-state index is -0.237. The number of nitrogens with one attached hydrogen (secondary N) is 1. The number of morpholine rings is 1. The first-order valence-corrected chi connectivity index (χ1v) is 9.69. The zero-order valence-electron chi connectivity index (χ0n) is 16.1. The Balaban J connectivity index is 0.00000261. The van der Waals surface area contributed by atoms with Crippen molar-refractivity contribution in [3.05, 3.63) is 35.6 Å². The minimum Gasteiger partial charge on any atom is -0.393 e. The van der Waals surface area contributed by atoms with Crippen molar-refractivity contribution in [3.63, 3.8) is 0 Å². The molecule has 7 heteroatoms. The van der Waals surface area contributed by atoms with Crippen LogP contribution >= 0.6 is 24.0 Å². The highest BCUT2D eigenvalue weighted by atomic mass is 127. The molecule has 0 bridgehead atoms. The van der Waals surface area contributed by atoms with E-state index in [0.29, 0.717) is 13.1 Å². The molecule has 1 saturated carbocycles. The van der Waals surface area contributed by atoms with Crippen LogP contribution in [-0.4, -0.2) is 54.4 Å². The Morgan fingerprint density at radius 3 is 2.67 bits per heavy atom. The maximum Gasteiger partial charge on any atom is 0.194 e. The number of guanidine groups is 1. The molecule has 5 nitrogen and oxygen atoms in total. The van der Waals surface area contributed by atoms with Gasteiger partial charge in [0, 0.05) is 25.6 Å². The van der Waals surface area contributed by atoms with Crippen molar-refractivity contribution in [2.24, 2.45) is 10.9 Å². The zero-order chi connectivity index (χ0) is 18.5. The van der Waals surface area contributed by atoms with Crippen molar-refractivity contribution in [3.8, 4) is 0 Å². The number of rotatable bonds is 4. The van der Waals surface area contributed by atoms with Crippen molar-refractivity contribution in [2.75, 3.05) is 26.2 Å². The fourth-order valence-electron chi connectivity index (χ4n) is 3.85. The molecule has 1 aliphatic heterocycles. The molecule has 1 aliphatic carbocycles. The van der Waals surface area contributed by atoms with E-state index >= 15 is 0 Å². The van der Waals surface area contributed by atoms with Gasteiger partial charge < -0.3 is 20.1 Å². The molecule has 1 saturated heterocycles. The third-order valence-electron chi connectivity index (χ3n) is 5.23. The molecular formula is C20H31FIN3O2. The number of hydrogen-bond donors (Lipinski definition) is 2. The summed E-state index contributed by atoms with van der Waals surface area (Å²) in [6.07, 6.45) is 2.73. The SMILES string of the molecule is CCNC(=NCC1CCCC1O)N1CC(C)OC(c2ccc(F)cc2)C1.I. The number of hydrogen-bond acceptors (Lipinski definition) is 3. The molecule has 0 radical (unpaired) electrons. The average molecular weight is 491 g/mol. The van der Waals surface area contributed by atoms with Gasteiger partial charge in [-0.3, -0.25) is 4.99 Å². The number of benzene rings is 1. The summed E-state index contributed by atoms with van der Waals surface area (Å²) in [5, 5.41) is 13.4. The Labute approximate surface area is 178 Å². The Hall–Kier alpha value is -0.930. The molecule has 4 unspecified atom stereocenters. The van der Waals surface area contributed by atoms with Gasteiger partial charge in [0.15, 0.2) is 5.96 Å². The van der Waals surface area contributed by atoms with Gasteiger partial charge >= 0.3 is 0 Å². The molecule has 27 heavy (non-hydrogen) atoms. The molecular weight excluding hydrogens is 460 g/mol. The Kier molecular flexibility index (Phi) is 8.75. The molecule has 4 atom stereocenters. The molecule has 2 aliphatic rings. The van der Waals surface area contributed by atoms with Crippen molar-refractivity contribution >= 4 is 29.9 Å². The second-order valence-corrected chi connectivity index (χ2v) is 7.34. The Morgan fingerprint density at radius 1 is 1.30 bits per heavy atom. The van der Waals surface area contributed by atoms with E-state index < -0.39 is 0 Å². The normalized spacial score (nSPS) is 28.7. The number of nitrogens with zero attached hydrogens (tertiary/aromatic N) is 2. The summed E-state index contributed by atoms with van der Waals surface area (Å²) in [7, 11) is 0. The number of halogens is 2. The number of aliphatic hydroxyl groups is 1. The van der Waals surface area contributed by atoms with E-state index in [1.165, 1.54) is 12.1 Å². The van der Waals surface area contributed by atoms with E-state index in [1.807, 2.05) is 6.92 Å². The predicted molar refractivity (Wildman–Crippen MR) is 116 cm³/mol. The first-order chi connectivity index (χ1) is 12.6. The molecule has 0 spiro atoms. The lowest BCUT2D eigenvalue weighted by Gasteiger charge is -2.39. The van der Waals surface area contributed by atoms with Crippen LogP contribution in [0.15, 0.2) is 29.3 Å². The summed E-state index contributed by atoms with van der Waals surface area (Å²) in [6.45, 7) is 6.98.